The molecule has 0 saturated carbocycles. The van der Waals surface area contributed by atoms with Crippen molar-refractivity contribution in [1.29, 1.82) is 0 Å². The van der Waals surface area contributed by atoms with Gasteiger partial charge in [0.15, 0.2) is 5.16 Å². The van der Waals surface area contributed by atoms with Gasteiger partial charge in [-0.1, -0.05) is 83.2 Å². The second kappa shape index (κ2) is 10.7. The number of nitrogens with zero attached hydrogens (tertiary/aromatic N) is 2. The standard InChI is InChI=1S/C25H20ClN3OS2/c1-17-7-11-20(12-8-17)28-24(30)23-22(32-21-13-9-19(26)10-14-21)15-27-25(29-23)31-16-18-5-3-2-4-6-18/h2-15H,16H2,1H3,(H,28,30). The first-order valence-corrected chi connectivity index (χ1v) is 12.1. The smallest absolute Gasteiger partial charge is 0.275 e. The molecule has 4 aromatic rings. The number of aromatic nitrogens is 2. The lowest BCUT2D eigenvalue weighted by Gasteiger charge is -2.11. The molecule has 0 radical (unpaired) electrons. The van der Waals surface area contributed by atoms with E-state index in [1.807, 2.05) is 73.7 Å². The second-order valence-electron chi connectivity index (χ2n) is 7.02. The van der Waals surface area contributed by atoms with Crippen LogP contribution in [0, 0.1) is 6.92 Å². The van der Waals surface area contributed by atoms with E-state index in [0.29, 0.717) is 20.8 Å². The third kappa shape index (κ3) is 6.13. The fourth-order valence-electron chi connectivity index (χ4n) is 2.84. The summed E-state index contributed by atoms with van der Waals surface area (Å²) in [6.07, 6.45) is 1.71. The lowest BCUT2D eigenvalue weighted by molar-refractivity contribution is 0.101. The van der Waals surface area contributed by atoms with Crippen molar-refractivity contribution < 1.29 is 4.79 Å². The summed E-state index contributed by atoms with van der Waals surface area (Å²) in [6.45, 7) is 2.01. The number of aryl methyl sites for hydroxylation is 1. The molecule has 3 aromatic carbocycles. The molecule has 0 saturated heterocycles. The van der Waals surface area contributed by atoms with Crippen LogP contribution in [-0.2, 0) is 5.75 Å². The Bertz CT molecular complexity index is 1200. The molecule has 32 heavy (non-hydrogen) atoms. The van der Waals surface area contributed by atoms with Crippen molar-refractivity contribution >= 4 is 46.7 Å². The number of benzene rings is 3. The van der Waals surface area contributed by atoms with Crippen molar-refractivity contribution in [2.45, 2.75) is 27.6 Å². The zero-order valence-electron chi connectivity index (χ0n) is 17.3. The quantitative estimate of drug-likeness (QED) is 0.226. The van der Waals surface area contributed by atoms with Gasteiger partial charge in [-0.3, -0.25) is 4.79 Å². The number of rotatable bonds is 7. The first kappa shape index (κ1) is 22.4. The highest BCUT2D eigenvalue weighted by molar-refractivity contribution is 7.99. The Hall–Kier alpha value is -2.80. The Morgan fingerprint density at radius 2 is 1.69 bits per heavy atom. The molecule has 0 spiro atoms. The molecule has 0 aliphatic rings. The highest BCUT2D eigenvalue weighted by atomic mass is 35.5. The minimum Gasteiger partial charge on any atom is -0.321 e. The molecule has 7 heteroatoms. The van der Waals surface area contributed by atoms with Gasteiger partial charge in [-0.15, -0.1) is 0 Å². The summed E-state index contributed by atoms with van der Waals surface area (Å²) in [6, 6.07) is 25.2. The van der Waals surface area contributed by atoms with E-state index in [2.05, 4.69) is 27.4 Å². The lowest BCUT2D eigenvalue weighted by Crippen LogP contribution is -2.16. The van der Waals surface area contributed by atoms with E-state index in [9.17, 15) is 4.79 Å². The zero-order valence-corrected chi connectivity index (χ0v) is 19.7. The SMILES string of the molecule is Cc1ccc(NC(=O)c2nc(SCc3ccccc3)ncc2Sc2ccc(Cl)cc2)cc1. The average Bonchev–Trinajstić information content (AvgIpc) is 2.82. The Balaban J connectivity index is 1.59. The van der Waals surface area contributed by atoms with Gasteiger partial charge in [0.25, 0.3) is 5.91 Å². The van der Waals surface area contributed by atoms with Gasteiger partial charge in [-0.25, -0.2) is 9.97 Å². The Morgan fingerprint density at radius 3 is 2.41 bits per heavy atom. The fourth-order valence-corrected chi connectivity index (χ4v) is 4.60. The predicted molar refractivity (Wildman–Crippen MR) is 133 cm³/mol. The highest BCUT2D eigenvalue weighted by Gasteiger charge is 2.17. The fraction of sp³-hybridized carbons (Fsp3) is 0.0800. The number of halogens is 1. The van der Waals surface area contributed by atoms with Crippen LogP contribution in [0.15, 0.2) is 100 Å². The zero-order chi connectivity index (χ0) is 22.3. The summed E-state index contributed by atoms with van der Waals surface area (Å²) in [4.78, 5) is 23.9. The summed E-state index contributed by atoms with van der Waals surface area (Å²) >= 11 is 8.94. The van der Waals surface area contributed by atoms with Gasteiger partial charge in [0.2, 0.25) is 0 Å². The van der Waals surface area contributed by atoms with Gasteiger partial charge in [0, 0.05) is 27.6 Å². The van der Waals surface area contributed by atoms with Crippen LogP contribution in [0.25, 0.3) is 0 Å². The molecule has 4 rings (SSSR count). The van der Waals surface area contributed by atoms with E-state index in [1.54, 1.807) is 6.20 Å². The minimum atomic E-state index is -0.269. The van der Waals surface area contributed by atoms with E-state index in [-0.39, 0.29) is 5.91 Å². The molecule has 1 N–H and O–H groups in total. The Morgan fingerprint density at radius 1 is 0.969 bits per heavy atom. The van der Waals surface area contributed by atoms with E-state index in [1.165, 1.54) is 29.1 Å². The third-order valence-corrected chi connectivity index (χ3v) is 6.72. The monoisotopic (exact) mass is 477 g/mol. The van der Waals surface area contributed by atoms with Crippen LogP contribution in [0.2, 0.25) is 5.02 Å². The number of nitrogens with one attached hydrogen (secondary N) is 1. The molecule has 0 aliphatic heterocycles. The molecular weight excluding hydrogens is 458 g/mol. The summed E-state index contributed by atoms with van der Waals surface area (Å²) < 4.78 is 0. The molecule has 0 aliphatic carbocycles. The van der Waals surface area contributed by atoms with Crippen LogP contribution in [0.1, 0.15) is 21.6 Å². The molecule has 1 aromatic heterocycles. The normalized spacial score (nSPS) is 10.7. The van der Waals surface area contributed by atoms with Crippen LogP contribution in [-0.4, -0.2) is 15.9 Å². The maximum atomic E-state index is 13.1. The number of carbonyl (C=O) groups excluding carboxylic acids is 1. The number of hydrogen-bond acceptors (Lipinski definition) is 5. The van der Waals surface area contributed by atoms with Crippen LogP contribution in [0.5, 0.6) is 0 Å². The molecule has 1 amide bonds. The number of amides is 1. The number of anilines is 1. The van der Waals surface area contributed by atoms with E-state index in [0.717, 1.165) is 21.9 Å². The molecule has 4 nitrogen and oxygen atoms in total. The van der Waals surface area contributed by atoms with Crippen molar-refractivity contribution in [2.75, 3.05) is 5.32 Å². The summed E-state index contributed by atoms with van der Waals surface area (Å²) in [5.74, 6) is 0.457. The van der Waals surface area contributed by atoms with E-state index >= 15 is 0 Å². The van der Waals surface area contributed by atoms with Gasteiger partial charge >= 0.3 is 0 Å². The molecule has 0 atom stereocenters. The third-order valence-electron chi connectivity index (χ3n) is 4.51. The highest BCUT2D eigenvalue weighted by Crippen LogP contribution is 2.32. The van der Waals surface area contributed by atoms with Gasteiger partial charge in [0.05, 0.1) is 4.90 Å². The Kier molecular flexibility index (Phi) is 7.47. The Labute approximate surface area is 200 Å². The number of thioether (sulfide) groups is 1. The molecule has 1 heterocycles. The first-order chi connectivity index (χ1) is 15.6. The summed E-state index contributed by atoms with van der Waals surface area (Å²) in [5.41, 5.74) is 3.37. The van der Waals surface area contributed by atoms with Gasteiger partial charge in [0.1, 0.15) is 5.69 Å². The average molecular weight is 478 g/mol. The van der Waals surface area contributed by atoms with Crippen LogP contribution >= 0.6 is 35.1 Å². The minimum absolute atomic E-state index is 0.269. The number of hydrogen-bond donors (Lipinski definition) is 1. The number of carbonyl (C=O) groups is 1. The topological polar surface area (TPSA) is 54.9 Å². The van der Waals surface area contributed by atoms with Gasteiger partial charge < -0.3 is 5.32 Å². The van der Waals surface area contributed by atoms with Gasteiger partial charge in [-0.05, 0) is 48.9 Å². The first-order valence-electron chi connectivity index (χ1n) is 9.92. The molecule has 0 bridgehead atoms. The second-order valence-corrected chi connectivity index (χ2v) is 9.51. The summed E-state index contributed by atoms with van der Waals surface area (Å²) in [7, 11) is 0. The van der Waals surface area contributed by atoms with Crippen molar-refractivity contribution in [3.8, 4) is 0 Å². The molecule has 160 valence electrons. The molecule has 0 fully saturated rings. The van der Waals surface area contributed by atoms with Crippen molar-refractivity contribution in [3.05, 3.63) is 107 Å². The molecule has 0 unspecified atom stereocenters. The van der Waals surface area contributed by atoms with Crippen LogP contribution in [0.4, 0.5) is 5.69 Å². The van der Waals surface area contributed by atoms with Crippen molar-refractivity contribution in [1.82, 2.24) is 9.97 Å². The van der Waals surface area contributed by atoms with E-state index < -0.39 is 0 Å². The molecular formula is C25H20ClN3OS2. The predicted octanol–water partition coefficient (Wildman–Crippen LogP) is 7.13. The van der Waals surface area contributed by atoms with Crippen LogP contribution in [0.3, 0.4) is 0 Å². The maximum Gasteiger partial charge on any atom is 0.275 e. The lowest BCUT2D eigenvalue weighted by atomic mass is 10.2. The van der Waals surface area contributed by atoms with E-state index in [4.69, 9.17) is 11.6 Å². The van der Waals surface area contributed by atoms with Crippen LogP contribution < -0.4 is 5.32 Å². The van der Waals surface area contributed by atoms with Crippen molar-refractivity contribution in [3.63, 3.8) is 0 Å². The largest absolute Gasteiger partial charge is 0.321 e. The van der Waals surface area contributed by atoms with Crippen molar-refractivity contribution in [2.24, 2.45) is 0 Å². The maximum absolute atomic E-state index is 13.1. The van der Waals surface area contributed by atoms with Gasteiger partial charge in [-0.2, -0.15) is 0 Å². The summed E-state index contributed by atoms with van der Waals surface area (Å²) in [5, 5.41) is 4.17.